The molecule has 0 unspecified atom stereocenters. The molecule has 1 heterocycles. The predicted octanol–water partition coefficient (Wildman–Crippen LogP) is 3.84. The minimum atomic E-state index is -0.532. The van der Waals surface area contributed by atoms with Gasteiger partial charge in [0.2, 0.25) is 0 Å². The van der Waals surface area contributed by atoms with Crippen molar-refractivity contribution in [3.8, 4) is 5.69 Å². The molecule has 144 valence electrons. The van der Waals surface area contributed by atoms with E-state index in [-0.39, 0.29) is 24.4 Å². The first-order chi connectivity index (χ1) is 13.0. The van der Waals surface area contributed by atoms with E-state index in [1.165, 1.54) is 18.6 Å². The van der Waals surface area contributed by atoms with Crippen molar-refractivity contribution >= 4 is 11.9 Å². The molecule has 0 spiro atoms. The maximum Gasteiger partial charge on any atom is 0.340 e. The van der Waals surface area contributed by atoms with Gasteiger partial charge in [0, 0.05) is 23.1 Å². The zero-order valence-electron chi connectivity index (χ0n) is 15.8. The van der Waals surface area contributed by atoms with Crippen LogP contribution in [-0.4, -0.2) is 29.1 Å². The first-order valence-corrected chi connectivity index (χ1v) is 9.37. The van der Waals surface area contributed by atoms with Crippen LogP contribution in [-0.2, 0) is 9.53 Å². The van der Waals surface area contributed by atoms with Crippen molar-refractivity contribution in [1.82, 2.24) is 9.88 Å². The number of aromatic nitrogens is 1. The molecular weight excluding hydrogens is 347 g/mol. The van der Waals surface area contributed by atoms with Crippen molar-refractivity contribution in [1.29, 1.82) is 0 Å². The topological polar surface area (TPSA) is 60.3 Å². The van der Waals surface area contributed by atoms with Gasteiger partial charge in [-0.2, -0.15) is 0 Å². The van der Waals surface area contributed by atoms with Crippen LogP contribution in [0.2, 0.25) is 0 Å². The molecule has 0 aliphatic heterocycles. The highest BCUT2D eigenvalue weighted by atomic mass is 19.1. The van der Waals surface area contributed by atoms with Crippen molar-refractivity contribution in [3.63, 3.8) is 0 Å². The molecular formula is C21H25FN2O3. The van der Waals surface area contributed by atoms with Gasteiger partial charge in [0.15, 0.2) is 6.61 Å². The number of carbonyl (C=O) groups is 2. The number of esters is 1. The molecule has 1 fully saturated rings. The molecule has 1 N–H and O–H groups in total. The lowest BCUT2D eigenvalue weighted by Crippen LogP contribution is -2.38. The Morgan fingerprint density at radius 3 is 2.48 bits per heavy atom. The summed E-state index contributed by atoms with van der Waals surface area (Å²) >= 11 is 0. The number of rotatable bonds is 5. The Labute approximate surface area is 158 Å². The second kappa shape index (κ2) is 8.37. The van der Waals surface area contributed by atoms with Gasteiger partial charge in [-0.3, -0.25) is 4.79 Å². The quantitative estimate of drug-likeness (QED) is 0.811. The molecule has 6 heteroatoms. The molecule has 2 aromatic rings. The van der Waals surface area contributed by atoms with Gasteiger partial charge in [-0.05, 0) is 57.0 Å². The van der Waals surface area contributed by atoms with Crippen LogP contribution in [0, 0.1) is 19.7 Å². The summed E-state index contributed by atoms with van der Waals surface area (Å²) in [5.74, 6) is -1.11. The van der Waals surface area contributed by atoms with E-state index in [1.807, 2.05) is 11.5 Å². The normalized spacial score (nSPS) is 14.8. The molecule has 1 aromatic heterocycles. The second-order valence-corrected chi connectivity index (χ2v) is 7.08. The molecule has 0 atom stereocenters. The summed E-state index contributed by atoms with van der Waals surface area (Å²) in [5, 5.41) is 2.93. The van der Waals surface area contributed by atoms with E-state index in [9.17, 15) is 14.0 Å². The lowest BCUT2D eigenvalue weighted by Gasteiger charge is -2.22. The summed E-state index contributed by atoms with van der Waals surface area (Å²) in [6.07, 6.45) is 5.43. The molecule has 5 nitrogen and oxygen atoms in total. The Bertz CT molecular complexity index is 821. The van der Waals surface area contributed by atoms with Crippen LogP contribution in [0.1, 0.15) is 53.8 Å². The minimum absolute atomic E-state index is 0.188. The zero-order chi connectivity index (χ0) is 19.4. The van der Waals surface area contributed by atoms with Crippen molar-refractivity contribution in [2.45, 2.75) is 52.0 Å². The van der Waals surface area contributed by atoms with Crippen LogP contribution in [0.5, 0.6) is 0 Å². The molecule has 1 aliphatic carbocycles. The third kappa shape index (κ3) is 4.56. The standard InChI is InChI=1S/C21H25FN2O3/c1-14-12-19(15(2)24(14)18-10-8-16(22)9-11-18)21(26)27-13-20(25)23-17-6-4-3-5-7-17/h8-12,17H,3-7,13H2,1-2H3,(H,23,25). The summed E-state index contributed by atoms with van der Waals surface area (Å²) < 4.78 is 20.2. The maximum absolute atomic E-state index is 13.2. The Hall–Kier alpha value is -2.63. The predicted molar refractivity (Wildman–Crippen MR) is 100 cm³/mol. The fraction of sp³-hybridized carbons (Fsp3) is 0.429. The van der Waals surface area contributed by atoms with E-state index < -0.39 is 5.97 Å². The summed E-state index contributed by atoms with van der Waals surface area (Å²) in [7, 11) is 0. The van der Waals surface area contributed by atoms with E-state index in [0.29, 0.717) is 11.3 Å². The van der Waals surface area contributed by atoms with Crippen LogP contribution >= 0.6 is 0 Å². The first-order valence-electron chi connectivity index (χ1n) is 9.37. The lowest BCUT2D eigenvalue weighted by molar-refractivity contribution is -0.125. The van der Waals surface area contributed by atoms with E-state index in [0.717, 1.165) is 37.1 Å². The van der Waals surface area contributed by atoms with E-state index in [4.69, 9.17) is 4.74 Å². The van der Waals surface area contributed by atoms with Crippen LogP contribution in [0.3, 0.4) is 0 Å². The minimum Gasteiger partial charge on any atom is -0.452 e. The van der Waals surface area contributed by atoms with Gasteiger partial charge >= 0.3 is 5.97 Å². The van der Waals surface area contributed by atoms with Crippen molar-refractivity contribution < 1.29 is 18.7 Å². The fourth-order valence-electron chi connectivity index (χ4n) is 3.68. The van der Waals surface area contributed by atoms with Crippen LogP contribution in [0.4, 0.5) is 4.39 Å². The van der Waals surface area contributed by atoms with E-state index in [2.05, 4.69) is 5.32 Å². The molecule has 3 rings (SSSR count). The highest BCUT2D eigenvalue weighted by Gasteiger charge is 2.20. The lowest BCUT2D eigenvalue weighted by atomic mass is 9.95. The molecule has 1 aliphatic rings. The largest absolute Gasteiger partial charge is 0.452 e. The SMILES string of the molecule is Cc1cc(C(=O)OCC(=O)NC2CCCCC2)c(C)n1-c1ccc(F)cc1. The molecule has 27 heavy (non-hydrogen) atoms. The summed E-state index contributed by atoms with van der Waals surface area (Å²) in [5.41, 5.74) is 2.69. The molecule has 1 saturated carbocycles. The average molecular weight is 372 g/mol. The maximum atomic E-state index is 13.2. The van der Waals surface area contributed by atoms with Crippen molar-refractivity contribution in [3.05, 3.63) is 53.1 Å². The number of amides is 1. The Balaban J connectivity index is 1.64. The third-order valence-electron chi connectivity index (χ3n) is 5.04. The van der Waals surface area contributed by atoms with E-state index in [1.54, 1.807) is 25.1 Å². The van der Waals surface area contributed by atoms with Gasteiger partial charge in [-0.1, -0.05) is 19.3 Å². The van der Waals surface area contributed by atoms with Crippen LogP contribution < -0.4 is 5.32 Å². The Kier molecular flexibility index (Phi) is 5.94. The zero-order valence-corrected chi connectivity index (χ0v) is 15.8. The molecule has 1 amide bonds. The van der Waals surface area contributed by atoms with Gasteiger partial charge in [-0.25, -0.2) is 9.18 Å². The smallest absolute Gasteiger partial charge is 0.340 e. The van der Waals surface area contributed by atoms with Crippen molar-refractivity contribution in [2.24, 2.45) is 0 Å². The number of hydrogen-bond donors (Lipinski definition) is 1. The summed E-state index contributed by atoms with van der Waals surface area (Å²) in [6.45, 7) is 3.38. The Morgan fingerprint density at radius 2 is 1.81 bits per heavy atom. The first kappa shape index (κ1) is 19.1. The van der Waals surface area contributed by atoms with Crippen LogP contribution in [0.15, 0.2) is 30.3 Å². The number of nitrogens with zero attached hydrogens (tertiary/aromatic N) is 1. The number of benzene rings is 1. The number of nitrogens with one attached hydrogen (secondary N) is 1. The van der Waals surface area contributed by atoms with Gasteiger partial charge in [0.05, 0.1) is 5.56 Å². The number of carbonyl (C=O) groups excluding carboxylic acids is 2. The fourth-order valence-corrected chi connectivity index (χ4v) is 3.68. The molecule has 0 radical (unpaired) electrons. The number of aryl methyl sites for hydroxylation is 1. The number of halogens is 1. The molecule has 1 aromatic carbocycles. The van der Waals surface area contributed by atoms with Gasteiger partial charge in [0.25, 0.3) is 5.91 Å². The van der Waals surface area contributed by atoms with Gasteiger partial charge in [-0.15, -0.1) is 0 Å². The number of hydrogen-bond acceptors (Lipinski definition) is 3. The monoisotopic (exact) mass is 372 g/mol. The summed E-state index contributed by atoms with van der Waals surface area (Å²) in [4.78, 5) is 24.5. The highest BCUT2D eigenvalue weighted by molar-refractivity contribution is 5.93. The Morgan fingerprint density at radius 1 is 1.15 bits per heavy atom. The average Bonchev–Trinajstić information content (AvgIpc) is 2.96. The molecule has 0 saturated heterocycles. The van der Waals surface area contributed by atoms with Gasteiger partial charge in [0.1, 0.15) is 5.82 Å². The summed E-state index contributed by atoms with van der Waals surface area (Å²) in [6, 6.07) is 7.97. The third-order valence-corrected chi connectivity index (χ3v) is 5.04. The van der Waals surface area contributed by atoms with E-state index >= 15 is 0 Å². The second-order valence-electron chi connectivity index (χ2n) is 7.08. The van der Waals surface area contributed by atoms with Crippen LogP contribution in [0.25, 0.3) is 5.69 Å². The van der Waals surface area contributed by atoms with Crippen molar-refractivity contribution in [2.75, 3.05) is 6.61 Å². The number of ether oxygens (including phenoxy) is 1. The highest BCUT2D eigenvalue weighted by Crippen LogP contribution is 2.22. The molecule has 0 bridgehead atoms. The van der Waals surface area contributed by atoms with Gasteiger partial charge < -0.3 is 14.6 Å².